The lowest BCUT2D eigenvalue weighted by atomic mass is 10.2. The maximum absolute atomic E-state index is 13.3. The van der Waals surface area contributed by atoms with Gasteiger partial charge in [-0.1, -0.05) is 18.2 Å². The van der Waals surface area contributed by atoms with E-state index in [9.17, 15) is 18.0 Å². The van der Waals surface area contributed by atoms with Crippen molar-refractivity contribution in [2.24, 2.45) is 0 Å². The van der Waals surface area contributed by atoms with Gasteiger partial charge in [0, 0.05) is 50.0 Å². The second-order valence-corrected chi connectivity index (χ2v) is 10.0. The standard InChI is InChI=1S/C24H28N4O5S/c1-33-19-8-9-21-18(16-19)17-22(26-21)24(30)27-12-5-13-28(14-10-23(29)25-11-15-27)34(31,32)20-6-3-2-4-7-20/h2-4,6-9,16-17,26H,5,10-15H2,1H3,(H,25,29). The second-order valence-electron chi connectivity index (χ2n) is 8.10. The number of ether oxygens (including phenoxy) is 1. The largest absolute Gasteiger partial charge is 0.497 e. The van der Waals surface area contributed by atoms with Crippen LogP contribution in [0.25, 0.3) is 10.9 Å². The highest BCUT2D eigenvalue weighted by atomic mass is 32.2. The summed E-state index contributed by atoms with van der Waals surface area (Å²) in [5.74, 6) is 0.240. The van der Waals surface area contributed by atoms with Crippen molar-refractivity contribution in [2.75, 3.05) is 39.8 Å². The first-order chi connectivity index (χ1) is 16.4. The molecule has 9 nitrogen and oxygen atoms in total. The first-order valence-electron chi connectivity index (χ1n) is 11.2. The van der Waals surface area contributed by atoms with Crippen LogP contribution in [0.15, 0.2) is 59.5 Å². The number of sulfonamides is 1. The Labute approximate surface area is 198 Å². The van der Waals surface area contributed by atoms with E-state index in [-0.39, 0.29) is 36.2 Å². The monoisotopic (exact) mass is 484 g/mol. The number of carbonyl (C=O) groups is 2. The second kappa shape index (κ2) is 10.3. The number of fused-ring (bicyclic) bond motifs is 1. The van der Waals surface area contributed by atoms with E-state index < -0.39 is 10.0 Å². The molecule has 34 heavy (non-hydrogen) atoms. The normalized spacial score (nSPS) is 16.6. The van der Waals surface area contributed by atoms with Crippen LogP contribution in [0.4, 0.5) is 0 Å². The molecule has 10 heteroatoms. The number of H-pyrrole nitrogens is 1. The molecule has 0 aliphatic carbocycles. The number of nitrogens with zero attached hydrogens (tertiary/aromatic N) is 2. The lowest BCUT2D eigenvalue weighted by Gasteiger charge is -2.24. The van der Waals surface area contributed by atoms with Crippen molar-refractivity contribution in [1.82, 2.24) is 19.5 Å². The number of aromatic nitrogens is 1. The number of hydrogen-bond acceptors (Lipinski definition) is 5. The smallest absolute Gasteiger partial charge is 0.270 e. The molecule has 0 atom stereocenters. The highest BCUT2D eigenvalue weighted by Gasteiger charge is 2.26. The lowest BCUT2D eigenvalue weighted by molar-refractivity contribution is -0.121. The summed E-state index contributed by atoms with van der Waals surface area (Å²) in [4.78, 5) is 30.5. The molecule has 2 aromatic carbocycles. The average molecular weight is 485 g/mol. The first kappa shape index (κ1) is 23.8. The summed E-state index contributed by atoms with van der Waals surface area (Å²) in [6.07, 6.45) is 0.504. The third-order valence-electron chi connectivity index (χ3n) is 5.85. The molecule has 1 aliphatic rings. The number of hydrogen-bond donors (Lipinski definition) is 2. The molecular weight excluding hydrogens is 456 g/mol. The van der Waals surface area contributed by atoms with Gasteiger partial charge in [-0.05, 0) is 42.8 Å². The fourth-order valence-electron chi connectivity index (χ4n) is 4.01. The van der Waals surface area contributed by atoms with Gasteiger partial charge in [-0.3, -0.25) is 9.59 Å². The van der Waals surface area contributed by atoms with E-state index in [1.54, 1.807) is 48.4 Å². The van der Waals surface area contributed by atoms with Crippen molar-refractivity contribution in [3.63, 3.8) is 0 Å². The number of methoxy groups -OCH3 is 1. The average Bonchev–Trinajstić information content (AvgIpc) is 3.26. The molecule has 1 fully saturated rings. The van der Waals surface area contributed by atoms with Crippen LogP contribution in [0, 0.1) is 0 Å². The number of carbonyl (C=O) groups excluding carboxylic acids is 2. The Bertz CT molecular complexity index is 1270. The molecule has 0 radical (unpaired) electrons. The summed E-state index contributed by atoms with van der Waals surface area (Å²) in [5.41, 5.74) is 1.24. The number of rotatable bonds is 4. The zero-order valence-corrected chi connectivity index (χ0v) is 19.8. The van der Waals surface area contributed by atoms with E-state index in [1.165, 1.54) is 4.31 Å². The summed E-state index contributed by atoms with van der Waals surface area (Å²) in [6.45, 7) is 1.27. The van der Waals surface area contributed by atoms with Crippen LogP contribution in [0.3, 0.4) is 0 Å². The SMILES string of the molecule is COc1ccc2[nH]c(C(=O)N3CCCN(S(=O)(=O)c4ccccc4)CCC(=O)NCC3)cc2c1. The van der Waals surface area contributed by atoms with E-state index in [0.717, 1.165) is 10.9 Å². The van der Waals surface area contributed by atoms with Gasteiger partial charge >= 0.3 is 0 Å². The lowest BCUT2D eigenvalue weighted by Crippen LogP contribution is -2.39. The number of amides is 2. The van der Waals surface area contributed by atoms with Crippen LogP contribution >= 0.6 is 0 Å². The zero-order valence-electron chi connectivity index (χ0n) is 19.0. The van der Waals surface area contributed by atoms with E-state index in [4.69, 9.17) is 4.74 Å². The van der Waals surface area contributed by atoms with E-state index in [2.05, 4.69) is 10.3 Å². The number of benzene rings is 2. The van der Waals surface area contributed by atoms with Crippen molar-refractivity contribution in [2.45, 2.75) is 17.7 Å². The molecule has 2 amide bonds. The summed E-state index contributed by atoms with van der Waals surface area (Å²) in [6, 6.07) is 15.5. The van der Waals surface area contributed by atoms with Gasteiger partial charge in [0.2, 0.25) is 15.9 Å². The molecule has 1 aliphatic heterocycles. The van der Waals surface area contributed by atoms with Crippen molar-refractivity contribution in [1.29, 1.82) is 0 Å². The minimum atomic E-state index is -3.75. The summed E-state index contributed by atoms with van der Waals surface area (Å²) in [5, 5.41) is 3.64. The Balaban J connectivity index is 1.53. The predicted octanol–water partition coefficient (Wildman–Crippen LogP) is 2.22. The topological polar surface area (TPSA) is 112 Å². The Morgan fingerprint density at radius 3 is 2.56 bits per heavy atom. The molecule has 1 saturated heterocycles. The maximum Gasteiger partial charge on any atom is 0.270 e. The van der Waals surface area contributed by atoms with Crippen LogP contribution in [0.5, 0.6) is 5.75 Å². The molecule has 2 heterocycles. The third-order valence-corrected chi connectivity index (χ3v) is 7.77. The summed E-state index contributed by atoms with van der Waals surface area (Å²) < 4.78 is 32.8. The fourth-order valence-corrected chi connectivity index (χ4v) is 5.52. The quantitative estimate of drug-likeness (QED) is 0.590. The van der Waals surface area contributed by atoms with Gasteiger partial charge in [0.05, 0.1) is 12.0 Å². The molecule has 0 bridgehead atoms. The van der Waals surface area contributed by atoms with Crippen LogP contribution in [0.1, 0.15) is 23.3 Å². The Hall–Kier alpha value is -3.37. The van der Waals surface area contributed by atoms with Crippen molar-refractivity contribution >= 4 is 32.7 Å². The predicted molar refractivity (Wildman–Crippen MR) is 128 cm³/mol. The maximum atomic E-state index is 13.3. The van der Waals surface area contributed by atoms with Crippen molar-refractivity contribution in [3.05, 3.63) is 60.3 Å². The molecule has 0 saturated carbocycles. The fraction of sp³-hybridized carbons (Fsp3) is 0.333. The molecule has 180 valence electrons. The van der Waals surface area contributed by atoms with E-state index in [1.807, 2.05) is 18.2 Å². The summed E-state index contributed by atoms with van der Waals surface area (Å²) >= 11 is 0. The van der Waals surface area contributed by atoms with E-state index >= 15 is 0 Å². The highest BCUT2D eigenvalue weighted by Crippen LogP contribution is 2.22. The molecular formula is C24H28N4O5S. The van der Waals surface area contributed by atoms with Crippen LogP contribution in [-0.2, 0) is 14.8 Å². The van der Waals surface area contributed by atoms with Crippen LogP contribution in [0.2, 0.25) is 0 Å². The van der Waals surface area contributed by atoms with Gasteiger partial charge in [0.25, 0.3) is 5.91 Å². The van der Waals surface area contributed by atoms with Gasteiger partial charge in [0.1, 0.15) is 11.4 Å². The van der Waals surface area contributed by atoms with Crippen molar-refractivity contribution in [3.8, 4) is 5.75 Å². The minimum absolute atomic E-state index is 0.0594. The number of aromatic amines is 1. The molecule has 0 unspecified atom stereocenters. The van der Waals surface area contributed by atoms with E-state index in [0.29, 0.717) is 37.5 Å². The molecule has 0 spiro atoms. The Morgan fingerprint density at radius 1 is 1.00 bits per heavy atom. The van der Waals surface area contributed by atoms with Gasteiger partial charge in [-0.2, -0.15) is 4.31 Å². The van der Waals surface area contributed by atoms with Gasteiger partial charge in [0.15, 0.2) is 0 Å². The molecule has 1 aromatic heterocycles. The Kier molecular flexibility index (Phi) is 7.18. The Morgan fingerprint density at radius 2 is 1.79 bits per heavy atom. The van der Waals surface area contributed by atoms with Gasteiger partial charge < -0.3 is 19.9 Å². The van der Waals surface area contributed by atoms with Crippen LogP contribution < -0.4 is 10.1 Å². The highest BCUT2D eigenvalue weighted by molar-refractivity contribution is 7.89. The van der Waals surface area contributed by atoms with Crippen molar-refractivity contribution < 1.29 is 22.7 Å². The molecule has 2 N–H and O–H groups in total. The summed E-state index contributed by atoms with van der Waals surface area (Å²) in [7, 11) is -2.16. The van der Waals surface area contributed by atoms with Gasteiger partial charge in [-0.15, -0.1) is 0 Å². The first-order valence-corrected chi connectivity index (χ1v) is 12.6. The van der Waals surface area contributed by atoms with Crippen LogP contribution in [-0.4, -0.2) is 74.3 Å². The minimum Gasteiger partial charge on any atom is -0.497 e. The molecule has 4 rings (SSSR count). The number of nitrogens with one attached hydrogen (secondary N) is 2. The zero-order chi connectivity index (χ0) is 24.1. The third kappa shape index (κ3) is 5.23. The van der Waals surface area contributed by atoms with Gasteiger partial charge in [-0.25, -0.2) is 8.42 Å². The molecule has 3 aromatic rings.